The van der Waals surface area contributed by atoms with Gasteiger partial charge < -0.3 is 10.2 Å². The first-order chi connectivity index (χ1) is 10.4. The second kappa shape index (κ2) is 4.67. The molecule has 0 heterocycles. The minimum absolute atomic E-state index is 0.0795. The third kappa shape index (κ3) is 1.78. The van der Waals surface area contributed by atoms with E-state index in [0.29, 0.717) is 30.0 Å². The Morgan fingerprint density at radius 2 is 1.91 bits per heavy atom. The Bertz CT molecular complexity index is 527. The molecule has 3 heteroatoms. The molecule has 0 aromatic carbocycles. The molecule has 0 radical (unpaired) electrons. The molecule has 8 atom stereocenters. The fraction of sp³-hybridized carbons (Fsp3) is 0.842. The van der Waals surface area contributed by atoms with Gasteiger partial charge in [0.15, 0.2) is 0 Å². The predicted octanol–water partition coefficient (Wildman–Crippen LogP) is 2.71. The molecule has 0 aliphatic heterocycles. The lowest BCUT2D eigenvalue weighted by atomic mass is 9.45. The van der Waals surface area contributed by atoms with Crippen molar-refractivity contribution < 1.29 is 15.0 Å². The minimum atomic E-state index is -0.358. The van der Waals surface area contributed by atoms with E-state index < -0.39 is 0 Å². The van der Waals surface area contributed by atoms with Gasteiger partial charge in [-0.15, -0.1) is 0 Å². The van der Waals surface area contributed by atoms with E-state index in [-0.39, 0.29) is 29.0 Å². The van der Waals surface area contributed by atoms with E-state index in [1.54, 1.807) is 0 Å². The Balaban J connectivity index is 1.73. The molecule has 0 aromatic heterocycles. The van der Waals surface area contributed by atoms with E-state index in [0.717, 1.165) is 32.1 Å². The zero-order valence-electron chi connectivity index (χ0n) is 13.7. The van der Waals surface area contributed by atoms with Gasteiger partial charge in [-0.1, -0.05) is 26.0 Å². The van der Waals surface area contributed by atoms with Crippen molar-refractivity contribution in [3.05, 3.63) is 12.2 Å². The summed E-state index contributed by atoms with van der Waals surface area (Å²) in [5.41, 5.74) is -0.112. The number of hydrogen-bond donors (Lipinski definition) is 2. The largest absolute Gasteiger partial charge is 0.393 e. The highest BCUT2D eigenvalue weighted by Crippen LogP contribution is 2.64. The van der Waals surface area contributed by atoms with Gasteiger partial charge in [0, 0.05) is 11.8 Å². The van der Waals surface area contributed by atoms with Crippen molar-refractivity contribution in [2.45, 2.75) is 64.6 Å². The van der Waals surface area contributed by atoms with E-state index >= 15 is 0 Å². The van der Waals surface area contributed by atoms with E-state index in [2.05, 4.69) is 19.9 Å². The van der Waals surface area contributed by atoms with Gasteiger partial charge in [0.2, 0.25) is 0 Å². The first-order valence-corrected chi connectivity index (χ1v) is 8.95. The first-order valence-electron chi connectivity index (χ1n) is 8.95. The number of fused-ring (bicyclic) bond motifs is 5. The second-order valence-electron chi connectivity index (χ2n) is 8.74. The van der Waals surface area contributed by atoms with Crippen LogP contribution in [0.1, 0.15) is 52.4 Å². The highest BCUT2D eigenvalue weighted by molar-refractivity contribution is 5.87. The Morgan fingerprint density at radius 3 is 2.68 bits per heavy atom. The maximum Gasteiger partial charge on any atom is 0.139 e. The Hall–Kier alpha value is -0.670. The first kappa shape index (κ1) is 14.9. The van der Waals surface area contributed by atoms with Gasteiger partial charge in [0.25, 0.3) is 0 Å². The molecule has 0 spiro atoms. The van der Waals surface area contributed by atoms with Gasteiger partial charge in [-0.25, -0.2) is 0 Å². The molecule has 22 heavy (non-hydrogen) atoms. The molecular formula is C19H28O3. The summed E-state index contributed by atoms with van der Waals surface area (Å²) in [6.07, 6.45) is 8.74. The number of rotatable bonds is 0. The zero-order valence-corrected chi connectivity index (χ0v) is 13.7. The van der Waals surface area contributed by atoms with Gasteiger partial charge in [-0.3, -0.25) is 4.79 Å². The average molecular weight is 304 g/mol. The number of Topliss-reactive ketones (excluding diaryl/α,β-unsaturated/α-hetero) is 1. The monoisotopic (exact) mass is 304 g/mol. The van der Waals surface area contributed by atoms with Crippen molar-refractivity contribution in [3.63, 3.8) is 0 Å². The van der Waals surface area contributed by atoms with Crippen LogP contribution in [0, 0.1) is 34.5 Å². The molecule has 0 amide bonds. The molecule has 122 valence electrons. The van der Waals surface area contributed by atoms with Crippen molar-refractivity contribution in [2.75, 3.05) is 0 Å². The van der Waals surface area contributed by atoms with Crippen LogP contribution >= 0.6 is 0 Å². The summed E-state index contributed by atoms with van der Waals surface area (Å²) in [5.74, 6) is 1.85. The molecule has 3 nitrogen and oxygen atoms in total. The van der Waals surface area contributed by atoms with E-state index in [1.807, 2.05) is 6.08 Å². The molecule has 4 aliphatic rings. The summed E-state index contributed by atoms with van der Waals surface area (Å²) >= 11 is 0. The van der Waals surface area contributed by atoms with Crippen molar-refractivity contribution >= 4 is 5.78 Å². The van der Waals surface area contributed by atoms with E-state index in [1.165, 1.54) is 0 Å². The van der Waals surface area contributed by atoms with Crippen molar-refractivity contribution in [3.8, 4) is 0 Å². The van der Waals surface area contributed by atoms with Gasteiger partial charge in [-0.05, 0) is 61.2 Å². The number of aliphatic hydroxyl groups excluding tert-OH is 2. The van der Waals surface area contributed by atoms with Crippen LogP contribution in [0.5, 0.6) is 0 Å². The Kier molecular flexibility index (Phi) is 3.16. The highest BCUT2D eigenvalue weighted by atomic mass is 16.3. The quantitative estimate of drug-likeness (QED) is 0.677. The third-order valence-electron chi connectivity index (χ3n) is 7.89. The summed E-state index contributed by atoms with van der Waals surface area (Å²) in [6, 6.07) is 0. The third-order valence-corrected chi connectivity index (χ3v) is 7.89. The average Bonchev–Trinajstić information content (AvgIpc) is 2.77. The summed E-state index contributed by atoms with van der Waals surface area (Å²) in [4.78, 5) is 12.4. The van der Waals surface area contributed by atoms with Gasteiger partial charge >= 0.3 is 0 Å². The Morgan fingerprint density at radius 1 is 1.14 bits per heavy atom. The SMILES string of the molecule is C[C@]12C=C[C@@H](O)CC1C[C@@H](O)[C@@H]1[C@@H]2CC[C@]2(C)C(=O)CC[C@@H]12. The number of carbonyl (C=O) groups excluding carboxylic acids is 1. The van der Waals surface area contributed by atoms with Crippen molar-refractivity contribution in [1.82, 2.24) is 0 Å². The van der Waals surface area contributed by atoms with Gasteiger partial charge in [-0.2, -0.15) is 0 Å². The lowest BCUT2D eigenvalue weighted by Gasteiger charge is -2.59. The lowest BCUT2D eigenvalue weighted by molar-refractivity contribution is -0.150. The van der Waals surface area contributed by atoms with Crippen LogP contribution < -0.4 is 0 Å². The molecular weight excluding hydrogens is 276 g/mol. The van der Waals surface area contributed by atoms with E-state index in [9.17, 15) is 15.0 Å². The Labute approximate surface area is 132 Å². The number of carbonyl (C=O) groups is 1. The smallest absolute Gasteiger partial charge is 0.139 e. The van der Waals surface area contributed by atoms with Gasteiger partial charge in [0.05, 0.1) is 12.2 Å². The maximum absolute atomic E-state index is 12.4. The van der Waals surface area contributed by atoms with Crippen LogP contribution in [0.2, 0.25) is 0 Å². The number of ketones is 1. The van der Waals surface area contributed by atoms with E-state index in [4.69, 9.17) is 0 Å². The van der Waals surface area contributed by atoms with Crippen molar-refractivity contribution in [2.24, 2.45) is 34.5 Å². The summed E-state index contributed by atoms with van der Waals surface area (Å²) < 4.78 is 0. The second-order valence-corrected chi connectivity index (χ2v) is 8.74. The number of allylic oxidation sites excluding steroid dienone is 1. The minimum Gasteiger partial charge on any atom is -0.393 e. The summed E-state index contributed by atoms with van der Waals surface area (Å²) in [5, 5.41) is 20.8. The van der Waals surface area contributed by atoms with Crippen LogP contribution in [0.25, 0.3) is 0 Å². The predicted molar refractivity (Wildman–Crippen MR) is 84.0 cm³/mol. The molecule has 3 fully saturated rings. The lowest BCUT2D eigenvalue weighted by Crippen LogP contribution is -2.57. The summed E-state index contributed by atoms with van der Waals surface area (Å²) in [7, 11) is 0. The topological polar surface area (TPSA) is 57.5 Å². The van der Waals surface area contributed by atoms with Crippen LogP contribution in [-0.4, -0.2) is 28.2 Å². The molecule has 1 unspecified atom stereocenters. The van der Waals surface area contributed by atoms with Crippen LogP contribution in [0.4, 0.5) is 0 Å². The molecule has 2 N–H and O–H groups in total. The molecule has 4 rings (SSSR count). The molecule has 3 saturated carbocycles. The van der Waals surface area contributed by atoms with Crippen LogP contribution in [0.15, 0.2) is 12.2 Å². The molecule has 0 saturated heterocycles. The van der Waals surface area contributed by atoms with Crippen LogP contribution in [0.3, 0.4) is 0 Å². The zero-order chi connectivity index (χ0) is 15.7. The molecule has 4 aliphatic carbocycles. The van der Waals surface area contributed by atoms with Crippen LogP contribution in [-0.2, 0) is 4.79 Å². The highest BCUT2D eigenvalue weighted by Gasteiger charge is 2.61. The standard InChI is InChI=1S/C19H28O3/c1-18-7-5-12(20)9-11(18)10-15(21)17-13-3-4-16(22)19(13,2)8-6-14(17)18/h5,7,11-15,17,20-21H,3-4,6,8-10H2,1-2H3/t11?,12-,13+,14+,15-,17+,18+,19+/m1/s1. The normalized spacial score (nSPS) is 57.2. The molecule has 0 aromatic rings. The maximum atomic E-state index is 12.4. The molecule has 0 bridgehead atoms. The van der Waals surface area contributed by atoms with Crippen molar-refractivity contribution in [1.29, 1.82) is 0 Å². The number of aliphatic hydroxyl groups is 2. The fourth-order valence-corrected chi connectivity index (χ4v) is 6.53. The summed E-state index contributed by atoms with van der Waals surface area (Å²) in [6.45, 7) is 4.47. The number of hydrogen-bond acceptors (Lipinski definition) is 3. The fourth-order valence-electron chi connectivity index (χ4n) is 6.53. The van der Waals surface area contributed by atoms with Gasteiger partial charge in [0.1, 0.15) is 5.78 Å².